The van der Waals surface area contributed by atoms with Crippen molar-refractivity contribution in [2.75, 3.05) is 0 Å². The lowest BCUT2D eigenvalue weighted by atomic mass is 9.92. The van der Waals surface area contributed by atoms with Gasteiger partial charge in [0.05, 0.1) is 5.41 Å². The SMILES string of the molecule is CC(C)C1(C(N)=O)CC1. The molecule has 0 radical (unpaired) electrons. The van der Waals surface area contributed by atoms with Gasteiger partial charge in [-0.05, 0) is 18.8 Å². The third-order valence-electron chi connectivity index (χ3n) is 2.38. The van der Waals surface area contributed by atoms with Crippen LogP contribution in [0, 0.1) is 11.3 Å². The molecule has 0 aliphatic heterocycles. The van der Waals surface area contributed by atoms with Gasteiger partial charge in [-0.1, -0.05) is 13.8 Å². The van der Waals surface area contributed by atoms with Crippen LogP contribution in [0.1, 0.15) is 26.7 Å². The summed E-state index contributed by atoms with van der Waals surface area (Å²) in [4.78, 5) is 10.7. The van der Waals surface area contributed by atoms with E-state index in [0.29, 0.717) is 5.92 Å². The van der Waals surface area contributed by atoms with Gasteiger partial charge in [0.2, 0.25) is 5.91 Å². The molecule has 1 fully saturated rings. The number of nitrogens with two attached hydrogens (primary N) is 1. The summed E-state index contributed by atoms with van der Waals surface area (Å²) in [5.74, 6) is 0.313. The first-order chi connectivity index (χ1) is 4.09. The first kappa shape index (κ1) is 6.59. The van der Waals surface area contributed by atoms with Crippen molar-refractivity contribution < 1.29 is 4.79 Å². The van der Waals surface area contributed by atoms with Crippen molar-refractivity contribution in [3.63, 3.8) is 0 Å². The Labute approximate surface area is 55.4 Å². The molecule has 2 nitrogen and oxygen atoms in total. The van der Waals surface area contributed by atoms with E-state index < -0.39 is 0 Å². The summed E-state index contributed by atoms with van der Waals surface area (Å²) in [6.45, 7) is 4.11. The quantitative estimate of drug-likeness (QED) is 0.588. The molecule has 0 heterocycles. The molecule has 9 heavy (non-hydrogen) atoms. The molecule has 1 aliphatic carbocycles. The van der Waals surface area contributed by atoms with Crippen LogP contribution in [0.25, 0.3) is 0 Å². The molecule has 1 saturated carbocycles. The molecule has 1 rings (SSSR count). The molecule has 0 aromatic heterocycles. The molecule has 2 N–H and O–H groups in total. The van der Waals surface area contributed by atoms with E-state index in [1.807, 2.05) is 0 Å². The molecule has 0 atom stereocenters. The van der Waals surface area contributed by atoms with Crippen LogP contribution in [0.5, 0.6) is 0 Å². The van der Waals surface area contributed by atoms with Crippen molar-refractivity contribution in [1.29, 1.82) is 0 Å². The van der Waals surface area contributed by atoms with E-state index in [2.05, 4.69) is 13.8 Å². The zero-order chi connectivity index (χ0) is 7.07. The number of carbonyl (C=O) groups is 1. The van der Waals surface area contributed by atoms with Gasteiger partial charge in [-0.15, -0.1) is 0 Å². The number of primary amides is 1. The average molecular weight is 127 g/mol. The highest BCUT2D eigenvalue weighted by molar-refractivity contribution is 5.83. The van der Waals surface area contributed by atoms with E-state index in [0.717, 1.165) is 12.8 Å². The lowest BCUT2D eigenvalue weighted by Crippen LogP contribution is -2.28. The Bertz CT molecular complexity index is 136. The van der Waals surface area contributed by atoms with Crippen LogP contribution in [-0.4, -0.2) is 5.91 Å². The van der Waals surface area contributed by atoms with E-state index in [1.165, 1.54) is 0 Å². The van der Waals surface area contributed by atoms with Gasteiger partial charge < -0.3 is 5.73 Å². The largest absolute Gasteiger partial charge is 0.369 e. The molecular weight excluding hydrogens is 114 g/mol. The summed E-state index contributed by atoms with van der Waals surface area (Å²) in [6, 6.07) is 0. The summed E-state index contributed by atoms with van der Waals surface area (Å²) in [5.41, 5.74) is 5.08. The van der Waals surface area contributed by atoms with Gasteiger partial charge in [-0.25, -0.2) is 0 Å². The topological polar surface area (TPSA) is 43.1 Å². The number of amides is 1. The fourth-order valence-corrected chi connectivity index (χ4v) is 1.24. The van der Waals surface area contributed by atoms with Gasteiger partial charge in [-0.2, -0.15) is 0 Å². The molecule has 0 saturated heterocycles. The third kappa shape index (κ3) is 0.824. The normalized spacial score (nSPS) is 22.1. The molecule has 0 aromatic rings. The highest BCUT2D eigenvalue weighted by atomic mass is 16.1. The van der Waals surface area contributed by atoms with Crippen LogP contribution in [0.3, 0.4) is 0 Å². The van der Waals surface area contributed by atoms with Gasteiger partial charge in [0, 0.05) is 0 Å². The second-order valence-electron chi connectivity index (χ2n) is 3.18. The molecule has 0 aromatic carbocycles. The minimum Gasteiger partial charge on any atom is -0.369 e. The maximum absolute atomic E-state index is 10.7. The molecule has 0 unspecified atom stereocenters. The molecular formula is C7H13NO. The Balaban J connectivity index is 2.63. The van der Waals surface area contributed by atoms with Gasteiger partial charge >= 0.3 is 0 Å². The summed E-state index contributed by atoms with van der Waals surface area (Å²) in [5, 5.41) is 0. The van der Waals surface area contributed by atoms with E-state index in [1.54, 1.807) is 0 Å². The van der Waals surface area contributed by atoms with Gasteiger partial charge in [0.15, 0.2) is 0 Å². The number of hydrogen-bond acceptors (Lipinski definition) is 1. The minimum absolute atomic E-state index is 0.111. The van der Waals surface area contributed by atoms with Crippen molar-refractivity contribution in [3.05, 3.63) is 0 Å². The Morgan fingerprint density at radius 3 is 2.00 bits per heavy atom. The molecule has 52 valence electrons. The van der Waals surface area contributed by atoms with Crippen LogP contribution in [-0.2, 0) is 4.79 Å². The summed E-state index contributed by atoms with van der Waals surface area (Å²) in [7, 11) is 0. The smallest absolute Gasteiger partial charge is 0.223 e. The molecule has 1 amide bonds. The van der Waals surface area contributed by atoms with Crippen molar-refractivity contribution in [2.45, 2.75) is 26.7 Å². The Kier molecular flexibility index (Phi) is 1.26. The van der Waals surface area contributed by atoms with Crippen LogP contribution in [0.2, 0.25) is 0 Å². The molecule has 2 heteroatoms. The van der Waals surface area contributed by atoms with Crippen LogP contribution < -0.4 is 5.73 Å². The van der Waals surface area contributed by atoms with Crippen LogP contribution in [0.4, 0.5) is 0 Å². The van der Waals surface area contributed by atoms with Crippen LogP contribution in [0.15, 0.2) is 0 Å². The van der Waals surface area contributed by atoms with Gasteiger partial charge in [0.25, 0.3) is 0 Å². The van der Waals surface area contributed by atoms with E-state index in [4.69, 9.17) is 5.73 Å². The standard InChI is InChI=1S/C7H13NO/c1-5(2)7(3-4-7)6(8)9/h5H,3-4H2,1-2H3,(H2,8,9). The Morgan fingerprint density at radius 1 is 1.56 bits per heavy atom. The van der Waals surface area contributed by atoms with Crippen molar-refractivity contribution in [2.24, 2.45) is 17.1 Å². The monoisotopic (exact) mass is 127 g/mol. The number of rotatable bonds is 2. The van der Waals surface area contributed by atoms with Crippen molar-refractivity contribution in [3.8, 4) is 0 Å². The maximum Gasteiger partial charge on any atom is 0.223 e. The van der Waals surface area contributed by atoms with E-state index in [-0.39, 0.29) is 11.3 Å². The van der Waals surface area contributed by atoms with Crippen molar-refractivity contribution in [1.82, 2.24) is 0 Å². The molecule has 0 bridgehead atoms. The highest BCUT2D eigenvalue weighted by Crippen LogP contribution is 2.51. The second-order valence-corrected chi connectivity index (χ2v) is 3.18. The lowest BCUT2D eigenvalue weighted by Gasteiger charge is -2.13. The summed E-state index contributed by atoms with van der Waals surface area (Å²) >= 11 is 0. The van der Waals surface area contributed by atoms with Crippen LogP contribution >= 0.6 is 0 Å². The van der Waals surface area contributed by atoms with E-state index >= 15 is 0 Å². The fourth-order valence-electron chi connectivity index (χ4n) is 1.24. The fraction of sp³-hybridized carbons (Fsp3) is 0.857. The number of carbonyl (C=O) groups excluding carboxylic acids is 1. The zero-order valence-corrected chi connectivity index (χ0v) is 5.98. The molecule has 1 aliphatic rings. The lowest BCUT2D eigenvalue weighted by molar-refractivity contribution is -0.124. The van der Waals surface area contributed by atoms with Crippen molar-refractivity contribution >= 4 is 5.91 Å². The third-order valence-corrected chi connectivity index (χ3v) is 2.38. The van der Waals surface area contributed by atoms with Gasteiger partial charge in [-0.3, -0.25) is 4.79 Å². The van der Waals surface area contributed by atoms with Gasteiger partial charge in [0.1, 0.15) is 0 Å². The highest BCUT2D eigenvalue weighted by Gasteiger charge is 2.50. The van der Waals surface area contributed by atoms with E-state index in [9.17, 15) is 4.79 Å². The predicted molar refractivity (Wildman–Crippen MR) is 35.7 cm³/mol. The first-order valence-corrected chi connectivity index (χ1v) is 3.39. The first-order valence-electron chi connectivity index (χ1n) is 3.39. The predicted octanol–water partition coefficient (Wildman–Crippen LogP) is 0.908. The maximum atomic E-state index is 10.7. The second kappa shape index (κ2) is 1.72. The molecule has 0 spiro atoms. The Hall–Kier alpha value is -0.530. The zero-order valence-electron chi connectivity index (χ0n) is 5.98. The average Bonchev–Trinajstić information content (AvgIpc) is 2.40. The minimum atomic E-state index is -0.113. The number of hydrogen-bond donors (Lipinski definition) is 1. The summed E-state index contributed by atoms with van der Waals surface area (Å²) in [6.07, 6.45) is 2.00. The Morgan fingerprint density at radius 2 is 2.00 bits per heavy atom. The summed E-state index contributed by atoms with van der Waals surface area (Å²) < 4.78 is 0.